The Bertz CT molecular complexity index is 201. The van der Waals surface area contributed by atoms with Crippen LogP contribution in [0.5, 0.6) is 0 Å². The summed E-state index contributed by atoms with van der Waals surface area (Å²) in [7, 11) is 0. The van der Waals surface area contributed by atoms with Gasteiger partial charge in [0.15, 0.2) is 0 Å². The molecule has 0 fully saturated rings. The van der Waals surface area contributed by atoms with Crippen LogP contribution < -0.4 is 0 Å². The number of rotatable bonds is 2. The summed E-state index contributed by atoms with van der Waals surface area (Å²) in [5.74, 6) is 0. The van der Waals surface area contributed by atoms with E-state index in [2.05, 4.69) is 11.9 Å². The van der Waals surface area contributed by atoms with Gasteiger partial charge in [0, 0.05) is 18.3 Å². The van der Waals surface area contributed by atoms with Gasteiger partial charge in [0.1, 0.15) is 0 Å². The van der Waals surface area contributed by atoms with Crippen LogP contribution in [0.2, 0.25) is 0 Å². The SMILES string of the molecule is [CH2]/C=C/Cc1ccccn1. The lowest BCUT2D eigenvalue weighted by molar-refractivity contribution is 1.11. The van der Waals surface area contributed by atoms with Crippen molar-refractivity contribution in [3.8, 4) is 0 Å². The second kappa shape index (κ2) is 3.83. The van der Waals surface area contributed by atoms with Crippen molar-refractivity contribution in [2.24, 2.45) is 0 Å². The van der Waals surface area contributed by atoms with Gasteiger partial charge in [-0.05, 0) is 19.1 Å². The van der Waals surface area contributed by atoms with Gasteiger partial charge in [-0.1, -0.05) is 18.2 Å². The Hall–Kier alpha value is -1.11. The first-order valence-electron chi connectivity index (χ1n) is 3.27. The minimum Gasteiger partial charge on any atom is -0.261 e. The zero-order chi connectivity index (χ0) is 7.23. The molecular formula is C9H10N. The van der Waals surface area contributed by atoms with Gasteiger partial charge in [-0.2, -0.15) is 0 Å². The average molecular weight is 132 g/mol. The third-order valence-corrected chi connectivity index (χ3v) is 1.22. The Kier molecular flexibility index (Phi) is 2.68. The van der Waals surface area contributed by atoms with Crippen molar-refractivity contribution in [2.75, 3.05) is 0 Å². The molecule has 1 aromatic heterocycles. The number of hydrogen-bond acceptors (Lipinski definition) is 1. The summed E-state index contributed by atoms with van der Waals surface area (Å²) in [4.78, 5) is 4.14. The molecule has 1 aromatic rings. The van der Waals surface area contributed by atoms with Gasteiger partial charge >= 0.3 is 0 Å². The molecule has 10 heavy (non-hydrogen) atoms. The van der Waals surface area contributed by atoms with Crippen LogP contribution in [0.15, 0.2) is 36.5 Å². The molecule has 0 bridgehead atoms. The van der Waals surface area contributed by atoms with Crippen molar-refractivity contribution in [1.82, 2.24) is 4.98 Å². The number of aromatic nitrogens is 1. The molecule has 0 aromatic carbocycles. The summed E-state index contributed by atoms with van der Waals surface area (Å²) in [5.41, 5.74) is 1.09. The van der Waals surface area contributed by atoms with Crippen LogP contribution in [0.4, 0.5) is 0 Å². The summed E-state index contributed by atoms with van der Waals surface area (Å²) in [5, 5.41) is 0. The van der Waals surface area contributed by atoms with Crippen LogP contribution >= 0.6 is 0 Å². The van der Waals surface area contributed by atoms with E-state index in [-0.39, 0.29) is 0 Å². The van der Waals surface area contributed by atoms with E-state index >= 15 is 0 Å². The molecule has 0 saturated heterocycles. The lowest BCUT2D eigenvalue weighted by atomic mass is 10.2. The lowest BCUT2D eigenvalue weighted by Crippen LogP contribution is -1.83. The van der Waals surface area contributed by atoms with Gasteiger partial charge in [0.25, 0.3) is 0 Å². The summed E-state index contributed by atoms with van der Waals surface area (Å²) >= 11 is 0. The third-order valence-electron chi connectivity index (χ3n) is 1.22. The summed E-state index contributed by atoms with van der Waals surface area (Å²) in [6.45, 7) is 3.59. The largest absolute Gasteiger partial charge is 0.261 e. The molecule has 0 aliphatic carbocycles. The monoisotopic (exact) mass is 132 g/mol. The Morgan fingerprint density at radius 3 is 3.00 bits per heavy atom. The Balaban J connectivity index is 2.59. The minimum absolute atomic E-state index is 0.879. The van der Waals surface area contributed by atoms with E-state index in [1.807, 2.05) is 24.3 Å². The highest BCUT2D eigenvalue weighted by Gasteiger charge is 1.84. The molecule has 0 atom stereocenters. The first kappa shape index (κ1) is 7.00. The average Bonchev–Trinajstić information content (AvgIpc) is 2.03. The van der Waals surface area contributed by atoms with E-state index in [0.717, 1.165) is 12.1 Å². The highest BCUT2D eigenvalue weighted by molar-refractivity contribution is 5.07. The zero-order valence-electron chi connectivity index (χ0n) is 5.83. The highest BCUT2D eigenvalue weighted by Crippen LogP contribution is 1.94. The van der Waals surface area contributed by atoms with Gasteiger partial charge in [-0.25, -0.2) is 0 Å². The number of allylic oxidation sites excluding steroid dienone is 2. The highest BCUT2D eigenvalue weighted by atomic mass is 14.7. The summed E-state index contributed by atoms with van der Waals surface area (Å²) in [6.07, 6.45) is 6.45. The molecule has 0 saturated carbocycles. The van der Waals surface area contributed by atoms with Crippen LogP contribution in [0.1, 0.15) is 5.69 Å². The summed E-state index contributed by atoms with van der Waals surface area (Å²) < 4.78 is 0. The van der Waals surface area contributed by atoms with Crippen molar-refractivity contribution in [3.63, 3.8) is 0 Å². The molecule has 0 spiro atoms. The van der Waals surface area contributed by atoms with Gasteiger partial charge in [0.2, 0.25) is 0 Å². The fraction of sp³-hybridized carbons (Fsp3) is 0.111. The molecule has 0 amide bonds. The fourth-order valence-corrected chi connectivity index (χ4v) is 0.723. The molecule has 0 unspecified atom stereocenters. The van der Waals surface area contributed by atoms with E-state index < -0.39 is 0 Å². The first-order valence-corrected chi connectivity index (χ1v) is 3.27. The van der Waals surface area contributed by atoms with E-state index in [1.165, 1.54) is 0 Å². The third kappa shape index (κ3) is 2.02. The Morgan fingerprint density at radius 1 is 1.50 bits per heavy atom. The maximum Gasteiger partial charge on any atom is 0.0441 e. The smallest absolute Gasteiger partial charge is 0.0441 e. The van der Waals surface area contributed by atoms with Crippen molar-refractivity contribution in [3.05, 3.63) is 49.2 Å². The van der Waals surface area contributed by atoms with E-state index in [1.54, 1.807) is 12.3 Å². The maximum absolute atomic E-state index is 4.14. The predicted octanol–water partition coefficient (Wildman–Crippen LogP) is 2.01. The fourth-order valence-electron chi connectivity index (χ4n) is 0.723. The normalized spacial score (nSPS) is 10.5. The quantitative estimate of drug-likeness (QED) is 0.600. The van der Waals surface area contributed by atoms with Crippen LogP contribution in [-0.2, 0) is 6.42 Å². The number of nitrogens with zero attached hydrogens (tertiary/aromatic N) is 1. The molecule has 0 N–H and O–H groups in total. The van der Waals surface area contributed by atoms with Crippen molar-refractivity contribution in [1.29, 1.82) is 0 Å². The topological polar surface area (TPSA) is 12.9 Å². The first-order chi connectivity index (χ1) is 4.93. The van der Waals surface area contributed by atoms with Gasteiger partial charge in [-0.15, -0.1) is 0 Å². The zero-order valence-corrected chi connectivity index (χ0v) is 5.83. The van der Waals surface area contributed by atoms with Crippen molar-refractivity contribution < 1.29 is 0 Å². The molecule has 1 rings (SSSR count). The van der Waals surface area contributed by atoms with Crippen molar-refractivity contribution in [2.45, 2.75) is 6.42 Å². The Morgan fingerprint density at radius 2 is 2.40 bits per heavy atom. The molecule has 51 valence electrons. The number of hydrogen-bond donors (Lipinski definition) is 0. The standard InChI is InChI=1S/C9H10N/c1-2-3-6-9-7-4-5-8-10-9/h2-5,7-8H,1,6H2/b3-2+. The number of pyridine rings is 1. The van der Waals surface area contributed by atoms with E-state index in [0.29, 0.717) is 0 Å². The molecule has 1 radical (unpaired) electrons. The lowest BCUT2D eigenvalue weighted by Gasteiger charge is -1.91. The van der Waals surface area contributed by atoms with E-state index in [4.69, 9.17) is 0 Å². The Labute approximate surface area is 61.4 Å². The van der Waals surface area contributed by atoms with Gasteiger partial charge < -0.3 is 0 Å². The summed E-state index contributed by atoms with van der Waals surface area (Å²) in [6, 6.07) is 5.90. The molecule has 1 nitrogen and oxygen atoms in total. The van der Waals surface area contributed by atoms with Crippen molar-refractivity contribution >= 4 is 0 Å². The second-order valence-electron chi connectivity index (χ2n) is 2.00. The molecule has 1 heteroatoms. The molecule has 0 aliphatic rings. The van der Waals surface area contributed by atoms with Crippen LogP contribution in [0, 0.1) is 6.92 Å². The van der Waals surface area contributed by atoms with Gasteiger partial charge in [-0.3, -0.25) is 4.98 Å². The van der Waals surface area contributed by atoms with Crippen LogP contribution in [0.25, 0.3) is 0 Å². The van der Waals surface area contributed by atoms with E-state index in [9.17, 15) is 0 Å². The predicted molar refractivity (Wildman–Crippen MR) is 42.4 cm³/mol. The molecule has 0 aliphatic heterocycles. The minimum atomic E-state index is 0.879. The maximum atomic E-state index is 4.14. The molecule has 1 heterocycles. The second-order valence-corrected chi connectivity index (χ2v) is 2.00. The van der Waals surface area contributed by atoms with Crippen LogP contribution in [-0.4, -0.2) is 4.98 Å². The molecular weight excluding hydrogens is 122 g/mol. The van der Waals surface area contributed by atoms with Crippen LogP contribution in [0.3, 0.4) is 0 Å². The van der Waals surface area contributed by atoms with Gasteiger partial charge in [0.05, 0.1) is 0 Å².